The van der Waals surface area contributed by atoms with Gasteiger partial charge in [0.1, 0.15) is 5.82 Å². The summed E-state index contributed by atoms with van der Waals surface area (Å²) < 4.78 is 18.8. The Morgan fingerprint density at radius 3 is 2.69 bits per heavy atom. The van der Waals surface area contributed by atoms with Gasteiger partial charge in [-0.05, 0) is 30.7 Å². The molecule has 0 fully saturated rings. The van der Waals surface area contributed by atoms with Crippen LogP contribution in [0.15, 0.2) is 60.8 Å². The van der Waals surface area contributed by atoms with Gasteiger partial charge in [-0.3, -0.25) is 14.6 Å². The van der Waals surface area contributed by atoms with Gasteiger partial charge in [0.2, 0.25) is 0 Å². The molecule has 1 heterocycles. The minimum absolute atomic E-state index is 0.00826. The first-order valence-corrected chi connectivity index (χ1v) is 8.12. The smallest absolute Gasteiger partial charge is 0.311 e. The molecule has 5 nitrogen and oxygen atoms in total. The van der Waals surface area contributed by atoms with Gasteiger partial charge in [0.15, 0.2) is 6.10 Å². The molecular weight excluding hydrogens is 335 g/mol. The SMILES string of the molecule is C[C@@H](OC(=O)Cc1cccc2cccnc12)C(=O)Nc1ccccc1F. The third-order valence-corrected chi connectivity index (χ3v) is 3.86. The Bertz CT molecular complexity index is 953. The van der Waals surface area contributed by atoms with Crippen molar-refractivity contribution in [1.82, 2.24) is 4.98 Å². The monoisotopic (exact) mass is 352 g/mol. The molecule has 3 rings (SSSR count). The number of para-hydroxylation sites is 2. The van der Waals surface area contributed by atoms with Crippen LogP contribution in [-0.2, 0) is 20.7 Å². The Balaban J connectivity index is 1.64. The number of ether oxygens (including phenoxy) is 1. The van der Waals surface area contributed by atoms with Gasteiger partial charge >= 0.3 is 5.97 Å². The number of aromatic nitrogens is 1. The lowest BCUT2D eigenvalue weighted by Gasteiger charge is -2.14. The Morgan fingerprint density at radius 2 is 1.88 bits per heavy atom. The maximum atomic E-state index is 13.6. The molecular formula is C20H17FN2O3. The van der Waals surface area contributed by atoms with Crippen LogP contribution >= 0.6 is 0 Å². The number of benzene rings is 2. The maximum absolute atomic E-state index is 13.6. The lowest BCUT2D eigenvalue weighted by molar-refractivity contribution is -0.152. The zero-order chi connectivity index (χ0) is 18.5. The first kappa shape index (κ1) is 17.5. The molecule has 1 aromatic heterocycles. The van der Waals surface area contributed by atoms with Crippen LogP contribution in [0.5, 0.6) is 0 Å². The summed E-state index contributed by atoms with van der Waals surface area (Å²) in [5.41, 5.74) is 1.48. The van der Waals surface area contributed by atoms with Gasteiger partial charge in [-0.15, -0.1) is 0 Å². The largest absolute Gasteiger partial charge is 0.452 e. The average Bonchev–Trinajstić information content (AvgIpc) is 2.64. The molecule has 0 saturated heterocycles. The van der Waals surface area contributed by atoms with Crippen molar-refractivity contribution in [2.24, 2.45) is 0 Å². The molecule has 0 bridgehead atoms. The van der Waals surface area contributed by atoms with E-state index < -0.39 is 23.8 Å². The van der Waals surface area contributed by atoms with Crippen molar-refractivity contribution in [3.8, 4) is 0 Å². The fourth-order valence-electron chi connectivity index (χ4n) is 2.55. The summed E-state index contributed by atoms with van der Waals surface area (Å²) in [6, 6.07) is 15.0. The van der Waals surface area contributed by atoms with Crippen LogP contribution in [0.2, 0.25) is 0 Å². The molecule has 1 atom stereocenters. The topological polar surface area (TPSA) is 68.3 Å². The fourth-order valence-corrected chi connectivity index (χ4v) is 2.55. The van der Waals surface area contributed by atoms with Gasteiger partial charge in [-0.25, -0.2) is 4.39 Å². The number of amides is 1. The van der Waals surface area contributed by atoms with Crippen molar-refractivity contribution in [2.75, 3.05) is 5.32 Å². The van der Waals surface area contributed by atoms with Crippen molar-refractivity contribution in [1.29, 1.82) is 0 Å². The van der Waals surface area contributed by atoms with E-state index in [1.807, 2.05) is 24.3 Å². The third kappa shape index (κ3) is 4.03. The number of hydrogen-bond donors (Lipinski definition) is 1. The van der Waals surface area contributed by atoms with E-state index in [2.05, 4.69) is 10.3 Å². The zero-order valence-electron chi connectivity index (χ0n) is 14.1. The van der Waals surface area contributed by atoms with Crippen molar-refractivity contribution < 1.29 is 18.7 Å². The van der Waals surface area contributed by atoms with Crippen molar-refractivity contribution in [2.45, 2.75) is 19.4 Å². The highest BCUT2D eigenvalue weighted by Gasteiger charge is 2.19. The number of carbonyl (C=O) groups is 2. The van der Waals surface area contributed by atoms with E-state index in [9.17, 15) is 14.0 Å². The van der Waals surface area contributed by atoms with Gasteiger partial charge < -0.3 is 10.1 Å². The Labute approximate surface area is 149 Å². The maximum Gasteiger partial charge on any atom is 0.311 e. The van der Waals surface area contributed by atoms with Crippen LogP contribution in [0, 0.1) is 5.82 Å². The van der Waals surface area contributed by atoms with E-state index in [4.69, 9.17) is 4.74 Å². The molecule has 132 valence electrons. The molecule has 26 heavy (non-hydrogen) atoms. The zero-order valence-corrected chi connectivity index (χ0v) is 14.1. The summed E-state index contributed by atoms with van der Waals surface area (Å²) in [7, 11) is 0. The summed E-state index contributed by atoms with van der Waals surface area (Å²) in [5.74, 6) is -1.71. The molecule has 0 aliphatic heterocycles. The number of carbonyl (C=O) groups excluding carboxylic acids is 2. The average molecular weight is 352 g/mol. The summed E-state index contributed by atoms with van der Waals surface area (Å²) >= 11 is 0. The van der Waals surface area contributed by atoms with Crippen LogP contribution in [0.25, 0.3) is 10.9 Å². The molecule has 3 aromatic rings. The minimum Gasteiger partial charge on any atom is -0.452 e. The first-order valence-electron chi connectivity index (χ1n) is 8.12. The number of pyridine rings is 1. The Morgan fingerprint density at radius 1 is 1.12 bits per heavy atom. The standard InChI is InChI=1S/C20H17FN2O3/c1-13(20(25)23-17-10-3-2-9-16(17)21)26-18(24)12-15-7-4-6-14-8-5-11-22-19(14)15/h2-11,13H,12H2,1H3,(H,23,25)/t13-/m1/s1. The summed E-state index contributed by atoms with van der Waals surface area (Å²) in [4.78, 5) is 28.6. The van der Waals surface area contributed by atoms with E-state index in [1.54, 1.807) is 18.3 Å². The van der Waals surface area contributed by atoms with Crippen LogP contribution in [0.1, 0.15) is 12.5 Å². The van der Waals surface area contributed by atoms with E-state index in [-0.39, 0.29) is 12.1 Å². The van der Waals surface area contributed by atoms with Gasteiger partial charge in [0, 0.05) is 11.6 Å². The molecule has 0 spiro atoms. The van der Waals surface area contributed by atoms with Crippen LogP contribution in [0.3, 0.4) is 0 Å². The van der Waals surface area contributed by atoms with E-state index in [0.29, 0.717) is 0 Å². The van der Waals surface area contributed by atoms with E-state index >= 15 is 0 Å². The predicted molar refractivity (Wildman–Crippen MR) is 96.0 cm³/mol. The van der Waals surface area contributed by atoms with E-state index in [1.165, 1.54) is 25.1 Å². The quantitative estimate of drug-likeness (QED) is 0.714. The van der Waals surface area contributed by atoms with Crippen molar-refractivity contribution in [3.63, 3.8) is 0 Å². The number of halogens is 1. The number of rotatable bonds is 5. The highest BCUT2D eigenvalue weighted by atomic mass is 19.1. The van der Waals surface area contributed by atoms with Crippen LogP contribution in [-0.4, -0.2) is 23.0 Å². The van der Waals surface area contributed by atoms with Crippen molar-refractivity contribution >= 4 is 28.5 Å². The van der Waals surface area contributed by atoms with E-state index in [0.717, 1.165) is 16.5 Å². The number of anilines is 1. The second-order valence-electron chi connectivity index (χ2n) is 5.77. The number of fused-ring (bicyclic) bond motifs is 1. The van der Waals surface area contributed by atoms with Gasteiger partial charge in [0.05, 0.1) is 17.6 Å². The highest BCUT2D eigenvalue weighted by Crippen LogP contribution is 2.17. The number of nitrogens with zero attached hydrogens (tertiary/aromatic N) is 1. The lowest BCUT2D eigenvalue weighted by atomic mass is 10.1. The molecule has 2 aromatic carbocycles. The number of hydrogen-bond acceptors (Lipinski definition) is 4. The van der Waals surface area contributed by atoms with Crippen molar-refractivity contribution in [3.05, 3.63) is 72.2 Å². The van der Waals surface area contributed by atoms with Gasteiger partial charge in [-0.2, -0.15) is 0 Å². The number of nitrogens with one attached hydrogen (secondary N) is 1. The van der Waals surface area contributed by atoms with Crippen LogP contribution in [0.4, 0.5) is 10.1 Å². The molecule has 1 N–H and O–H groups in total. The molecule has 0 radical (unpaired) electrons. The summed E-state index contributed by atoms with van der Waals surface area (Å²) in [5, 5.41) is 3.32. The highest BCUT2D eigenvalue weighted by molar-refractivity contribution is 5.95. The predicted octanol–water partition coefficient (Wildman–Crippen LogP) is 3.49. The summed E-state index contributed by atoms with van der Waals surface area (Å²) in [6.45, 7) is 1.44. The minimum atomic E-state index is -1.05. The van der Waals surface area contributed by atoms with Crippen LogP contribution < -0.4 is 5.32 Å². The second kappa shape index (κ2) is 7.74. The molecule has 0 unspecified atom stereocenters. The Kier molecular flexibility index (Phi) is 5.22. The first-order chi connectivity index (χ1) is 12.5. The second-order valence-corrected chi connectivity index (χ2v) is 5.77. The molecule has 0 aliphatic rings. The molecule has 1 amide bonds. The molecule has 6 heteroatoms. The third-order valence-electron chi connectivity index (χ3n) is 3.86. The lowest BCUT2D eigenvalue weighted by Crippen LogP contribution is -2.30. The fraction of sp³-hybridized carbons (Fsp3) is 0.150. The summed E-state index contributed by atoms with van der Waals surface area (Å²) in [6.07, 6.45) is 0.595. The Hall–Kier alpha value is -3.28. The number of esters is 1. The molecule has 0 aliphatic carbocycles. The van der Waals surface area contributed by atoms with Gasteiger partial charge in [-0.1, -0.05) is 36.4 Å². The normalized spacial score (nSPS) is 11.8. The van der Waals surface area contributed by atoms with Gasteiger partial charge in [0.25, 0.3) is 5.91 Å². The molecule has 0 saturated carbocycles.